The van der Waals surface area contributed by atoms with Gasteiger partial charge in [0.15, 0.2) is 0 Å². The van der Waals surface area contributed by atoms with E-state index in [1.807, 2.05) is 0 Å². The summed E-state index contributed by atoms with van der Waals surface area (Å²) in [5.41, 5.74) is 6.22. The molecule has 4 heteroatoms. The summed E-state index contributed by atoms with van der Waals surface area (Å²) in [4.78, 5) is 23.5. The van der Waals surface area contributed by atoms with Gasteiger partial charge < -0.3 is 11.1 Å². The number of rotatable bonds is 22. The molecule has 1 aromatic rings. The van der Waals surface area contributed by atoms with Crippen molar-refractivity contribution in [2.45, 2.75) is 135 Å². The van der Waals surface area contributed by atoms with Crippen molar-refractivity contribution >= 4 is 17.5 Å². The molecule has 0 unspecified atom stereocenters. The maximum absolute atomic E-state index is 12.1. The molecule has 0 aliphatic rings. The molecule has 1 rings (SSSR count). The number of para-hydroxylation sites is 1. The Labute approximate surface area is 203 Å². The van der Waals surface area contributed by atoms with Gasteiger partial charge >= 0.3 is 0 Å². The van der Waals surface area contributed by atoms with Crippen LogP contribution < -0.4 is 11.1 Å². The second-order valence-electron chi connectivity index (χ2n) is 9.57. The summed E-state index contributed by atoms with van der Waals surface area (Å²) >= 11 is 0. The highest BCUT2D eigenvalue weighted by Gasteiger charge is 2.09. The number of carbonyl (C=O) groups is 2. The molecule has 0 spiro atoms. The Balaban J connectivity index is 1.84. The van der Waals surface area contributed by atoms with Crippen LogP contribution in [-0.2, 0) is 4.79 Å². The zero-order valence-corrected chi connectivity index (χ0v) is 21.3. The number of primary amides is 1. The van der Waals surface area contributed by atoms with Crippen molar-refractivity contribution < 1.29 is 9.59 Å². The first kappa shape index (κ1) is 29.2. The minimum Gasteiger partial charge on any atom is -0.366 e. The van der Waals surface area contributed by atoms with E-state index in [-0.39, 0.29) is 5.91 Å². The van der Waals surface area contributed by atoms with Crippen LogP contribution in [0.1, 0.15) is 146 Å². The first-order valence-electron chi connectivity index (χ1n) is 13.8. The van der Waals surface area contributed by atoms with Gasteiger partial charge in [0.2, 0.25) is 5.91 Å². The number of nitrogens with one attached hydrogen (secondary N) is 1. The maximum Gasteiger partial charge on any atom is 0.250 e. The fraction of sp³-hybridized carbons (Fsp3) is 0.724. The number of amides is 2. The van der Waals surface area contributed by atoms with Crippen molar-refractivity contribution in [1.29, 1.82) is 0 Å². The van der Waals surface area contributed by atoms with Crippen LogP contribution in [0.15, 0.2) is 24.3 Å². The zero-order valence-electron chi connectivity index (χ0n) is 21.3. The molecule has 1 aromatic carbocycles. The molecule has 0 atom stereocenters. The molecular formula is C29H50N2O2. The lowest BCUT2D eigenvalue weighted by Crippen LogP contribution is -2.17. The highest BCUT2D eigenvalue weighted by atomic mass is 16.2. The van der Waals surface area contributed by atoms with Crippen LogP contribution >= 0.6 is 0 Å². The van der Waals surface area contributed by atoms with E-state index in [1.165, 1.54) is 109 Å². The molecule has 4 nitrogen and oxygen atoms in total. The molecule has 0 radical (unpaired) electrons. The topological polar surface area (TPSA) is 72.2 Å². The van der Waals surface area contributed by atoms with E-state index in [1.54, 1.807) is 24.3 Å². The molecule has 0 saturated heterocycles. The number of hydrogen-bond donors (Lipinski definition) is 2. The van der Waals surface area contributed by atoms with Crippen molar-refractivity contribution in [3.05, 3.63) is 29.8 Å². The number of hydrogen-bond acceptors (Lipinski definition) is 2. The summed E-state index contributed by atoms with van der Waals surface area (Å²) in [6.45, 7) is 2.28. The van der Waals surface area contributed by atoms with Crippen LogP contribution in [0.2, 0.25) is 0 Å². The summed E-state index contributed by atoms with van der Waals surface area (Å²) in [5.74, 6) is -0.565. The summed E-state index contributed by atoms with van der Waals surface area (Å²) in [7, 11) is 0. The first-order chi connectivity index (χ1) is 16.1. The first-order valence-corrected chi connectivity index (χ1v) is 13.8. The van der Waals surface area contributed by atoms with Gasteiger partial charge in [0.05, 0.1) is 11.3 Å². The molecule has 2 amide bonds. The molecule has 0 saturated carbocycles. The molecule has 3 N–H and O–H groups in total. The molecular weight excluding hydrogens is 408 g/mol. The highest BCUT2D eigenvalue weighted by Crippen LogP contribution is 2.17. The van der Waals surface area contributed by atoms with Gasteiger partial charge in [-0.2, -0.15) is 0 Å². The van der Waals surface area contributed by atoms with Crippen LogP contribution in [0, 0.1) is 0 Å². The normalized spacial score (nSPS) is 10.9. The Morgan fingerprint density at radius 1 is 0.636 bits per heavy atom. The summed E-state index contributed by atoms with van der Waals surface area (Å²) in [6.07, 6.45) is 26.0. The number of unbranched alkanes of at least 4 members (excludes halogenated alkanes) is 18. The molecule has 33 heavy (non-hydrogen) atoms. The fourth-order valence-electron chi connectivity index (χ4n) is 4.38. The fourth-order valence-corrected chi connectivity index (χ4v) is 4.38. The molecule has 0 fully saturated rings. The summed E-state index contributed by atoms with van der Waals surface area (Å²) in [5, 5.41) is 2.81. The minimum atomic E-state index is -0.519. The largest absolute Gasteiger partial charge is 0.366 e. The van der Waals surface area contributed by atoms with Gasteiger partial charge in [0, 0.05) is 6.42 Å². The lowest BCUT2D eigenvalue weighted by Gasteiger charge is -2.08. The van der Waals surface area contributed by atoms with Gasteiger partial charge in [-0.1, -0.05) is 135 Å². The van der Waals surface area contributed by atoms with E-state index in [2.05, 4.69) is 12.2 Å². The van der Waals surface area contributed by atoms with Gasteiger partial charge in [0.25, 0.3) is 5.91 Å². The predicted octanol–water partition coefficient (Wildman–Crippen LogP) is 8.55. The van der Waals surface area contributed by atoms with Crippen molar-refractivity contribution in [3.63, 3.8) is 0 Å². The third-order valence-electron chi connectivity index (χ3n) is 6.47. The van der Waals surface area contributed by atoms with E-state index in [0.29, 0.717) is 17.7 Å². The van der Waals surface area contributed by atoms with Crippen LogP contribution in [0.4, 0.5) is 5.69 Å². The van der Waals surface area contributed by atoms with Crippen LogP contribution in [-0.4, -0.2) is 11.8 Å². The smallest absolute Gasteiger partial charge is 0.250 e. The van der Waals surface area contributed by atoms with E-state index in [9.17, 15) is 9.59 Å². The van der Waals surface area contributed by atoms with E-state index in [0.717, 1.165) is 12.8 Å². The van der Waals surface area contributed by atoms with Gasteiger partial charge in [-0.25, -0.2) is 0 Å². The Morgan fingerprint density at radius 3 is 1.45 bits per heavy atom. The van der Waals surface area contributed by atoms with Crippen molar-refractivity contribution in [2.24, 2.45) is 5.73 Å². The monoisotopic (exact) mass is 458 g/mol. The molecule has 0 bridgehead atoms. The lowest BCUT2D eigenvalue weighted by atomic mass is 10.0. The average Bonchev–Trinajstić information content (AvgIpc) is 2.80. The standard InChI is InChI=1S/C29H50N2O2/c1-2-3-4-5-6-7-8-9-10-11-12-13-14-15-16-17-18-19-20-25-28(32)31-27-24-22-21-23-26(27)29(30)33/h21-24H,2-20,25H2,1H3,(H2,30,33)(H,31,32). The lowest BCUT2D eigenvalue weighted by molar-refractivity contribution is -0.116. The predicted molar refractivity (Wildman–Crippen MR) is 142 cm³/mol. The van der Waals surface area contributed by atoms with Crippen molar-refractivity contribution in [1.82, 2.24) is 0 Å². The van der Waals surface area contributed by atoms with E-state index < -0.39 is 5.91 Å². The summed E-state index contributed by atoms with van der Waals surface area (Å²) < 4.78 is 0. The molecule has 0 aromatic heterocycles. The van der Waals surface area contributed by atoms with Crippen LogP contribution in [0.5, 0.6) is 0 Å². The second-order valence-corrected chi connectivity index (χ2v) is 9.57. The molecule has 0 aliphatic carbocycles. The van der Waals surface area contributed by atoms with Crippen LogP contribution in [0.3, 0.4) is 0 Å². The highest BCUT2D eigenvalue weighted by molar-refractivity contribution is 6.02. The van der Waals surface area contributed by atoms with Crippen molar-refractivity contribution in [3.8, 4) is 0 Å². The maximum atomic E-state index is 12.1. The average molecular weight is 459 g/mol. The zero-order chi connectivity index (χ0) is 24.0. The van der Waals surface area contributed by atoms with E-state index >= 15 is 0 Å². The van der Waals surface area contributed by atoms with Gasteiger partial charge in [0.1, 0.15) is 0 Å². The Bertz CT molecular complexity index is 630. The number of nitrogens with two attached hydrogens (primary N) is 1. The summed E-state index contributed by atoms with van der Waals surface area (Å²) in [6, 6.07) is 6.89. The quantitative estimate of drug-likeness (QED) is 0.171. The minimum absolute atomic E-state index is 0.0457. The molecule has 0 heterocycles. The van der Waals surface area contributed by atoms with Gasteiger partial charge in [-0.05, 0) is 18.6 Å². The third-order valence-corrected chi connectivity index (χ3v) is 6.47. The Kier molecular flexibility index (Phi) is 18.4. The SMILES string of the molecule is CCCCCCCCCCCCCCCCCCCCCC(=O)Nc1ccccc1C(N)=O. The molecule has 188 valence electrons. The van der Waals surface area contributed by atoms with Crippen molar-refractivity contribution in [2.75, 3.05) is 5.32 Å². The van der Waals surface area contributed by atoms with Gasteiger partial charge in [-0.15, -0.1) is 0 Å². The Hall–Kier alpha value is -1.84. The van der Waals surface area contributed by atoms with E-state index in [4.69, 9.17) is 5.73 Å². The van der Waals surface area contributed by atoms with Gasteiger partial charge in [-0.3, -0.25) is 9.59 Å². The number of anilines is 1. The third kappa shape index (κ3) is 16.4. The number of benzene rings is 1. The molecule has 0 aliphatic heterocycles. The number of carbonyl (C=O) groups excluding carboxylic acids is 2. The Morgan fingerprint density at radius 2 is 1.03 bits per heavy atom. The van der Waals surface area contributed by atoms with Crippen LogP contribution in [0.25, 0.3) is 0 Å². The second kappa shape index (κ2) is 20.7.